The number of aryl methyl sites for hydroxylation is 1. The molecule has 0 aliphatic rings. The van der Waals surface area contributed by atoms with Crippen molar-refractivity contribution in [1.29, 1.82) is 0 Å². The maximum atomic E-state index is 12.3. The maximum Gasteiger partial charge on any atom is 0.246 e. The van der Waals surface area contributed by atoms with Crippen LogP contribution < -0.4 is 15.4 Å². The second kappa shape index (κ2) is 7.50. The van der Waals surface area contributed by atoms with E-state index in [0.717, 1.165) is 22.7 Å². The first-order valence-corrected chi connectivity index (χ1v) is 7.46. The molecule has 116 valence electrons. The molecule has 0 radical (unpaired) electrons. The molecule has 0 spiro atoms. The summed E-state index contributed by atoms with van der Waals surface area (Å²) in [5, 5.41) is 6.09. The van der Waals surface area contributed by atoms with E-state index in [4.69, 9.17) is 4.74 Å². The summed E-state index contributed by atoms with van der Waals surface area (Å²) in [5.74, 6) is 0.662. The molecule has 0 aliphatic heterocycles. The summed E-state index contributed by atoms with van der Waals surface area (Å²) in [6, 6.07) is 15.0. The van der Waals surface area contributed by atoms with Crippen molar-refractivity contribution in [2.45, 2.75) is 26.8 Å². The fourth-order valence-electron chi connectivity index (χ4n) is 2.05. The highest BCUT2D eigenvalue weighted by atomic mass is 16.5. The molecule has 2 aromatic carbocycles. The molecule has 0 heterocycles. The number of amides is 1. The molecule has 4 heteroatoms. The van der Waals surface area contributed by atoms with Crippen LogP contribution in [0.5, 0.6) is 5.75 Å². The molecule has 2 N–H and O–H groups in total. The summed E-state index contributed by atoms with van der Waals surface area (Å²) in [7, 11) is 0. The van der Waals surface area contributed by atoms with Crippen LogP contribution in [0, 0.1) is 6.92 Å². The third-order valence-electron chi connectivity index (χ3n) is 3.27. The van der Waals surface area contributed by atoms with Crippen molar-refractivity contribution in [3.8, 4) is 5.75 Å². The standard InChI is InChI=1S/C18H22N2O2/c1-4-22-17-8-6-5-7-16(17)19-14(3)18(21)20-15-11-9-13(2)10-12-15/h5-12,14,19H,4H2,1-3H3,(H,20,21)/t14-/m1/s1. The van der Waals surface area contributed by atoms with E-state index < -0.39 is 0 Å². The van der Waals surface area contributed by atoms with Gasteiger partial charge in [0, 0.05) is 5.69 Å². The second-order valence-corrected chi connectivity index (χ2v) is 5.15. The van der Waals surface area contributed by atoms with Crippen molar-refractivity contribution < 1.29 is 9.53 Å². The molecule has 22 heavy (non-hydrogen) atoms. The van der Waals surface area contributed by atoms with Gasteiger partial charge in [0.2, 0.25) is 5.91 Å². The molecule has 2 aromatic rings. The van der Waals surface area contributed by atoms with Crippen LogP contribution in [0.4, 0.5) is 11.4 Å². The van der Waals surface area contributed by atoms with Gasteiger partial charge in [0.1, 0.15) is 11.8 Å². The van der Waals surface area contributed by atoms with Crippen LogP contribution in [0.1, 0.15) is 19.4 Å². The van der Waals surface area contributed by atoms with E-state index in [1.54, 1.807) is 0 Å². The van der Waals surface area contributed by atoms with Gasteiger partial charge in [-0.25, -0.2) is 0 Å². The second-order valence-electron chi connectivity index (χ2n) is 5.15. The van der Waals surface area contributed by atoms with Crippen LogP contribution in [0.2, 0.25) is 0 Å². The Morgan fingerprint density at radius 3 is 2.50 bits per heavy atom. The van der Waals surface area contributed by atoms with Crippen molar-refractivity contribution in [2.24, 2.45) is 0 Å². The van der Waals surface area contributed by atoms with Gasteiger partial charge in [-0.15, -0.1) is 0 Å². The lowest BCUT2D eigenvalue weighted by Gasteiger charge is -2.18. The van der Waals surface area contributed by atoms with E-state index in [0.29, 0.717) is 6.61 Å². The largest absolute Gasteiger partial charge is 0.492 e. The zero-order chi connectivity index (χ0) is 15.9. The molecule has 1 amide bonds. The first-order valence-electron chi connectivity index (χ1n) is 7.46. The predicted octanol–water partition coefficient (Wildman–Crippen LogP) is 3.83. The highest BCUT2D eigenvalue weighted by Gasteiger charge is 2.14. The molecule has 0 saturated carbocycles. The van der Waals surface area contributed by atoms with E-state index in [1.807, 2.05) is 69.3 Å². The number of carbonyl (C=O) groups is 1. The lowest BCUT2D eigenvalue weighted by atomic mass is 10.2. The highest BCUT2D eigenvalue weighted by Crippen LogP contribution is 2.24. The van der Waals surface area contributed by atoms with Gasteiger partial charge in [-0.3, -0.25) is 4.79 Å². The molecule has 2 rings (SSSR count). The number of benzene rings is 2. The minimum absolute atomic E-state index is 0.0878. The summed E-state index contributed by atoms with van der Waals surface area (Å²) >= 11 is 0. The van der Waals surface area contributed by atoms with Gasteiger partial charge in [0.25, 0.3) is 0 Å². The van der Waals surface area contributed by atoms with Gasteiger partial charge in [0.05, 0.1) is 12.3 Å². The summed E-state index contributed by atoms with van der Waals surface area (Å²) in [4.78, 5) is 12.3. The Morgan fingerprint density at radius 2 is 1.82 bits per heavy atom. The first kappa shape index (κ1) is 15.9. The number of hydrogen-bond donors (Lipinski definition) is 2. The van der Waals surface area contributed by atoms with E-state index in [-0.39, 0.29) is 11.9 Å². The Kier molecular flexibility index (Phi) is 5.42. The van der Waals surface area contributed by atoms with Gasteiger partial charge in [-0.2, -0.15) is 0 Å². The minimum atomic E-state index is -0.372. The van der Waals surface area contributed by atoms with Gasteiger partial charge in [-0.05, 0) is 45.0 Å². The van der Waals surface area contributed by atoms with E-state index in [2.05, 4.69) is 10.6 Å². The molecular formula is C18H22N2O2. The predicted molar refractivity (Wildman–Crippen MR) is 90.5 cm³/mol. The number of rotatable bonds is 6. The molecule has 0 bridgehead atoms. The first-order chi connectivity index (χ1) is 10.6. The third kappa shape index (κ3) is 4.25. The lowest BCUT2D eigenvalue weighted by Crippen LogP contribution is -2.32. The topological polar surface area (TPSA) is 50.4 Å². The Labute approximate surface area is 131 Å². The van der Waals surface area contributed by atoms with Crippen molar-refractivity contribution >= 4 is 17.3 Å². The monoisotopic (exact) mass is 298 g/mol. The molecule has 0 aromatic heterocycles. The maximum absolute atomic E-state index is 12.3. The Bertz CT molecular complexity index is 623. The SMILES string of the molecule is CCOc1ccccc1N[C@H](C)C(=O)Nc1ccc(C)cc1. The Morgan fingerprint density at radius 1 is 1.14 bits per heavy atom. The number of ether oxygens (including phenoxy) is 1. The number of hydrogen-bond acceptors (Lipinski definition) is 3. The zero-order valence-corrected chi connectivity index (χ0v) is 13.2. The highest BCUT2D eigenvalue weighted by molar-refractivity contribution is 5.96. The van der Waals surface area contributed by atoms with Gasteiger partial charge in [0.15, 0.2) is 0 Å². The summed E-state index contributed by atoms with van der Waals surface area (Å²) < 4.78 is 5.55. The fourth-order valence-corrected chi connectivity index (χ4v) is 2.05. The minimum Gasteiger partial charge on any atom is -0.492 e. The van der Waals surface area contributed by atoms with E-state index in [1.165, 1.54) is 0 Å². The Hall–Kier alpha value is -2.49. The molecule has 0 saturated heterocycles. The normalized spacial score (nSPS) is 11.6. The number of anilines is 2. The van der Waals surface area contributed by atoms with Crippen molar-refractivity contribution in [1.82, 2.24) is 0 Å². The van der Waals surface area contributed by atoms with Crippen LogP contribution in [0.15, 0.2) is 48.5 Å². The number of carbonyl (C=O) groups excluding carboxylic acids is 1. The van der Waals surface area contributed by atoms with Crippen LogP contribution >= 0.6 is 0 Å². The van der Waals surface area contributed by atoms with Crippen LogP contribution in [0.25, 0.3) is 0 Å². The molecule has 4 nitrogen and oxygen atoms in total. The summed E-state index contributed by atoms with van der Waals surface area (Å²) in [6.07, 6.45) is 0. The van der Waals surface area contributed by atoms with Gasteiger partial charge < -0.3 is 15.4 Å². The van der Waals surface area contributed by atoms with Crippen molar-refractivity contribution in [2.75, 3.05) is 17.2 Å². The average Bonchev–Trinajstić information content (AvgIpc) is 2.51. The van der Waals surface area contributed by atoms with Gasteiger partial charge >= 0.3 is 0 Å². The third-order valence-corrected chi connectivity index (χ3v) is 3.27. The molecule has 1 atom stereocenters. The average molecular weight is 298 g/mol. The molecule has 0 aliphatic carbocycles. The van der Waals surface area contributed by atoms with E-state index in [9.17, 15) is 4.79 Å². The summed E-state index contributed by atoms with van der Waals surface area (Å²) in [6.45, 7) is 6.36. The van der Waals surface area contributed by atoms with Gasteiger partial charge in [-0.1, -0.05) is 29.8 Å². The van der Waals surface area contributed by atoms with Crippen LogP contribution in [-0.4, -0.2) is 18.6 Å². The number of nitrogens with one attached hydrogen (secondary N) is 2. The fraction of sp³-hybridized carbons (Fsp3) is 0.278. The quantitative estimate of drug-likeness (QED) is 0.852. The van der Waals surface area contributed by atoms with Crippen molar-refractivity contribution in [3.05, 3.63) is 54.1 Å². The van der Waals surface area contributed by atoms with Crippen molar-refractivity contribution in [3.63, 3.8) is 0 Å². The van der Waals surface area contributed by atoms with Crippen LogP contribution in [0.3, 0.4) is 0 Å². The van der Waals surface area contributed by atoms with Crippen LogP contribution in [-0.2, 0) is 4.79 Å². The Balaban J connectivity index is 2.00. The zero-order valence-electron chi connectivity index (χ0n) is 13.2. The lowest BCUT2D eigenvalue weighted by molar-refractivity contribution is -0.116. The molecule has 0 fully saturated rings. The number of para-hydroxylation sites is 2. The molecule has 0 unspecified atom stereocenters. The summed E-state index contributed by atoms with van der Waals surface area (Å²) in [5.41, 5.74) is 2.77. The smallest absolute Gasteiger partial charge is 0.246 e. The molecular weight excluding hydrogens is 276 g/mol. The van der Waals surface area contributed by atoms with E-state index >= 15 is 0 Å².